The summed E-state index contributed by atoms with van der Waals surface area (Å²) < 4.78 is 0. The molecule has 1 aliphatic carbocycles. The Kier molecular flexibility index (Phi) is 3.81. The first-order chi connectivity index (χ1) is 6.34. The van der Waals surface area contributed by atoms with E-state index in [1.807, 2.05) is 13.8 Å². The van der Waals surface area contributed by atoms with Crippen LogP contribution in [0.5, 0.6) is 0 Å². The van der Waals surface area contributed by atoms with Crippen molar-refractivity contribution in [3.63, 3.8) is 0 Å². The summed E-state index contributed by atoms with van der Waals surface area (Å²) in [6, 6.07) is 9.30. The van der Waals surface area contributed by atoms with E-state index in [9.17, 15) is 0 Å². The van der Waals surface area contributed by atoms with Crippen molar-refractivity contribution in [3.8, 4) is 0 Å². The molecule has 0 aromatic heterocycles. The van der Waals surface area contributed by atoms with Crippen LogP contribution in [0.3, 0.4) is 0 Å². The van der Waals surface area contributed by atoms with Gasteiger partial charge < -0.3 is 5.32 Å². The highest BCUT2D eigenvalue weighted by atomic mass is 14.9. The molecule has 0 unspecified atom stereocenters. The van der Waals surface area contributed by atoms with Crippen LogP contribution in [0, 0.1) is 6.92 Å². The van der Waals surface area contributed by atoms with Gasteiger partial charge in [-0.2, -0.15) is 0 Å². The number of rotatable bonds is 2. The average Bonchev–Trinajstić information content (AvgIpc) is 2.92. The molecular weight excluding hydrogens is 158 g/mol. The van der Waals surface area contributed by atoms with Gasteiger partial charge in [-0.3, -0.25) is 0 Å². The lowest BCUT2D eigenvalue weighted by Crippen LogP contribution is -2.00. The van der Waals surface area contributed by atoms with Gasteiger partial charge in [0, 0.05) is 11.7 Å². The predicted molar refractivity (Wildman–Crippen MR) is 59.2 cm³/mol. The minimum atomic E-state index is 0.761. The maximum Gasteiger partial charge on any atom is 0.0344 e. The summed E-state index contributed by atoms with van der Waals surface area (Å²) in [5.74, 6) is 0. The first-order valence-corrected chi connectivity index (χ1v) is 5.18. The van der Waals surface area contributed by atoms with Crippen LogP contribution in [-0.4, -0.2) is 6.04 Å². The maximum atomic E-state index is 3.46. The van der Waals surface area contributed by atoms with Gasteiger partial charge in [0.25, 0.3) is 0 Å². The Balaban J connectivity index is 0.000000396. The fourth-order valence-corrected chi connectivity index (χ4v) is 1.20. The fourth-order valence-electron chi connectivity index (χ4n) is 1.20. The van der Waals surface area contributed by atoms with Crippen LogP contribution >= 0.6 is 0 Å². The quantitative estimate of drug-likeness (QED) is 0.728. The van der Waals surface area contributed by atoms with Crippen molar-refractivity contribution in [1.29, 1.82) is 0 Å². The zero-order valence-corrected chi connectivity index (χ0v) is 8.80. The predicted octanol–water partition coefficient (Wildman–Crippen LogP) is 3.60. The van der Waals surface area contributed by atoms with Crippen LogP contribution in [-0.2, 0) is 0 Å². The van der Waals surface area contributed by atoms with Crippen molar-refractivity contribution in [3.05, 3.63) is 29.8 Å². The van der Waals surface area contributed by atoms with Crippen LogP contribution < -0.4 is 5.32 Å². The molecule has 13 heavy (non-hydrogen) atoms. The van der Waals surface area contributed by atoms with E-state index in [2.05, 4.69) is 36.5 Å². The molecule has 0 bridgehead atoms. The molecule has 0 spiro atoms. The molecule has 1 heteroatoms. The topological polar surface area (TPSA) is 12.0 Å². The van der Waals surface area contributed by atoms with E-state index in [0.29, 0.717) is 0 Å². The molecule has 1 saturated carbocycles. The van der Waals surface area contributed by atoms with Gasteiger partial charge in [-0.25, -0.2) is 0 Å². The van der Waals surface area contributed by atoms with Crippen molar-refractivity contribution in [2.75, 3.05) is 5.32 Å². The van der Waals surface area contributed by atoms with Crippen LogP contribution in [0.1, 0.15) is 32.3 Å². The van der Waals surface area contributed by atoms with Crippen LogP contribution in [0.2, 0.25) is 0 Å². The van der Waals surface area contributed by atoms with E-state index in [4.69, 9.17) is 0 Å². The normalized spacial score (nSPS) is 14.4. The van der Waals surface area contributed by atoms with Gasteiger partial charge in [-0.1, -0.05) is 26.0 Å². The molecule has 0 amide bonds. The van der Waals surface area contributed by atoms with Crippen LogP contribution in [0.25, 0.3) is 0 Å². The standard InChI is InChI=1S/C10H13N.C2H6/c1-8-3-2-4-10(7-8)11-9-5-6-9;1-2/h2-4,7,9,11H,5-6H2,1H3;1-2H3. The van der Waals surface area contributed by atoms with Gasteiger partial charge in [0.05, 0.1) is 0 Å². The molecule has 2 rings (SSSR count). The molecule has 0 saturated heterocycles. The highest BCUT2D eigenvalue weighted by Gasteiger charge is 2.20. The molecule has 1 aromatic carbocycles. The third-order valence-electron chi connectivity index (χ3n) is 1.97. The second-order valence-electron chi connectivity index (χ2n) is 3.29. The van der Waals surface area contributed by atoms with Crippen molar-refractivity contribution in [2.24, 2.45) is 0 Å². The summed E-state index contributed by atoms with van der Waals surface area (Å²) in [4.78, 5) is 0. The van der Waals surface area contributed by atoms with Crippen molar-refractivity contribution >= 4 is 5.69 Å². The first kappa shape index (κ1) is 10.1. The monoisotopic (exact) mass is 177 g/mol. The third kappa shape index (κ3) is 3.49. The van der Waals surface area contributed by atoms with Gasteiger partial charge >= 0.3 is 0 Å². The average molecular weight is 177 g/mol. The number of nitrogens with one attached hydrogen (secondary N) is 1. The Morgan fingerprint density at radius 2 is 1.92 bits per heavy atom. The first-order valence-electron chi connectivity index (χ1n) is 5.18. The SMILES string of the molecule is CC.Cc1cccc(NC2CC2)c1. The van der Waals surface area contributed by atoms with E-state index in [1.165, 1.54) is 24.1 Å². The summed E-state index contributed by atoms with van der Waals surface area (Å²) in [7, 11) is 0. The molecule has 72 valence electrons. The Morgan fingerprint density at radius 1 is 1.23 bits per heavy atom. The Hall–Kier alpha value is -0.980. The molecule has 0 aliphatic heterocycles. The lowest BCUT2D eigenvalue weighted by atomic mass is 10.2. The third-order valence-corrected chi connectivity index (χ3v) is 1.97. The Bertz CT molecular complexity index is 251. The Labute approximate surface area is 81.2 Å². The van der Waals surface area contributed by atoms with E-state index >= 15 is 0 Å². The van der Waals surface area contributed by atoms with Gasteiger partial charge in [-0.15, -0.1) is 0 Å². The summed E-state index contributed by atoms with van der Waals surface area (Å²) in [6.45, 7) is 6.12. The lowest BCUT2D eigenvalue weighted by Gasteiger charge is -2.03. The smallest absolute Gasteiger partial charge is 0.0344 e. The molecular formula is C12H19N. The zero-order valence-electron chi connectivity index (χ0n) is 8.80. The molecule has 0 heterocycles. The zero-order chi connectivity index (χ0) is 9.68. The number of anilines is 1. The number of aryl methyl sites for hydroxylation is 1. The lowest BCUT2D eigenvalue weighted by molar-refractivity contribution is 1.15. The largest absolute Gasteiger partial charge is 0.382 e. The summed E-state index contributed by atoms with van der Waals surface area (Å²) in [6.07, 6.45) is 2.68. The minimum absolute atomic E-state index is 0.761. The molecule has 1 N–H and O–H groups in total. The highest BCUT2D eigenvalue weighted by molar-refractivity contribution is 5.47. The number of benzene rings is 1. The van der Waals surface area contributed by atoms with Gasteiger partial charge in [0.1, 0.15) is 0 Å². The van der Waals surface area contributed by atoms with Crippen molar-refractivity contribution in [2.45, 2.75) is 39.7 Å². The summed E-state index contributed by atoms with van der Waals surface area (Å²) in [5.41, 5.74) is 2.60. The van der Waals surface area contributed by atoms with Crippen LogP contribution in [0.15, 0.2) is 24.3 Å². The summed E-state index contributed by atoms with van der Waals surface area (Å²) >= 11 is 0. The van der Waals surface area contributed by atoms with E-state index in [1.54, 1.807) is 0 Å². The van der Waals surface area contributed by atoms with Gasteiger partial charge in [0.15, 0.2) is 0 Å². The molecule has 1 fully saturated rings. The van der Waals surface area contributed by atoms with E-state index in [0.717, 1.165) is 6.04 Å². The second-order valence-corrected chi connectivity index (χ2v) is 3.29. The molecule has 1 aromatic rings. The minimum Gasteiger partial charge on any atom is -0.382 e. The maximum absolute atomic E-state index is 3.46. The van der Waals surface area contributed by atoms with E-state index in [-0.39, 0.29) is 0 Å². The number of hydrogen-bond donors (Lipinski definition) is 1. The van der Waals surface area contributed by atoms with Crippen molar-refractivity contribution < 1.29 is 0 Å². The molecule has 0 atom stereocenters. The molecule has 1 nitrogen and oxygen atoms in total. The summed E-state index contributed by atoms with van der Waals surface area (Å²) in [5, 5.41) is 3.46. The molecule has 0 radical (unpaired) electrons. The second kappa shape index (κ2) is 4.90. The molecule has 1 aliphatic rings. The van der Waals surface area contributed by atoms with Crippen LogP contribution in [0.4, 0.5) is 5.69 Å². The van der Waals surface area contributed by atoms with Gasteiger partial charge in [-0.05, 0) is 37.5 Å². The van der Waals surface area contributed by atoms with Crippen molar-refractivity contribution in [1.82, 2.24) is 0 Å². The Morgan fingerprint density at radius 3 is 2.46 bits per heavy atom. The number of hydrogen-bond acceptors (Lipinski definition) is 1. The highest BCUT2D eigenvalue weighted by Crippen LogP contribution is 2.24. The fraction of sp³-hybridized carbons (Fsp3) is 0.500. The van der Waals surface area contributed by atoms with Gasteiger partial charge in [0.2, 0.25) is 0 Å². The van der Waals surface area contributed by atoms with E-state index < -0.39 is 0 Å².